The molecule has 1 aliphatic heterocycles. The molecule has 0 radical (unpaired) electrons. The third-order valence-electron chi connectivity index (χ3n) is 7.03. The van der Waals surface area contributed by atoms with Gasteiger partial charge >= 0.3 is 5.97 Å². The molecule has 10 nitrogen and oxygen atoms in total. The van der Waals surface area contributed by atoms with Gasteiger partial charge in [-0.1, -0.05) is 24.3 Å². The van der Waals surface area contributed by atoms with Crippen LogP contribution in [0, 0.1) is 5.41 Å². The zero-order chi connectivity index (χ0) is 28.9. The van der Waals surface area contributed by atoms with Gasteiger partial charge in [-0.25, -0.2) is 4.98 Å². The Kier molecular flexibility index (Phi) is 12.8. The average Bonchev–Trinajstić information content (AvgIpc) is 3.47. The summed E-state index contributed by atoms with van der Waals surface area (Å²) in [7, 11) is 3.76. The van der Waals surface area contributed by atoms with Crippen molar-refractivity contribution in [1.29, 1.82) is 0 Å². The van der Waals surface area contributed by atoms with Crippen molar-refractivity contribution in [2.24, 2.45) is 5.41 Å². The van der Waals surface area contributed by atoms with E-state index >= 15 is 0 Å². The molecule has 1 aliphatic carbocycles. The van der Waals surface area contributed by atoms with Crippen molar-refractivity contribution in [3.8, 4) is 5.75 Å². The van der Waals surface area contributed by atoms with E-state index in [4.69, 9.17) is 9.47 Å². The number of benzene rings is 2. The maximum atomic E-state index is 13.5. The summed E-state index contributed by atoms with van der Waals surface area (Å²) in [5, 5.41) is 7.09. The molecule has 2 aromatic carbocycles. The number of rotatable bonds is 6. The predicted molar refractivity (Wildman–Crippen MR) is 172 cm³/mol. The fourth-order valence-electron chi connectivity index (χ4n) is 5.06. The summed E-state index contributed by atoms with van der Waals surface area (Å²) in [6, 6.07) is 11.7. The highest BCUT2D eigenvalue weighted by molar-refractivity contribution is 7.80. The van der Waals surface area contributed by atoms with E-state index in [0.29, 0.717) is 23.5 Å². The Morgan fingerprint density at radius 1 is 1.14 bits per heavy atom. The molecular formula is C30H46N4O6S2. The maximum absolute atomic E-state index is 13.5. The molecule has 0 unspecified atom stereocenters. The zero-order valence-electron chi connectivity index (χ0n) is 25.0. The third kappa shape index (κ3) is 9.13. The first-order valence-electron chi connectivity index (χ1n) is 13.6. The Morgan fingerprint density at radius 3 is 2.29 bits per heavy atom. The number of carbonyl (C=O) groups is 2. The minimum absolute atomic E-state index is 0. The Morgan fingerprint density at radius 2 is 1.76 bits per heavy atom. The van der Waals surface area contributed by atoms with Crippen LogP contribution in [-0.4, -0.2) is 78.7 Å². The number of nitrogens with zero attached hydrogens (tertiary/aromatic N) is 2. The molecule has 2 aliphatic rings. The van der Waals surface area contributed by atoms with Crippen LogP contribution >= 0.6 is 24.0 Å². The maximum Gasteiger partial charge on any atom is 0.307 e. The van der Waals surface area contributed by atoms with Crippen LogP contribution in [0.2, 0.25) is 0 Å². The number of hydrogen-bond acceptors (Lipinski definition) is 9. The van der Waals surface area contributed by atoms with E-state index in [1.54, 1.807) is 7.11 Å². The number of aromatic nitrogens is 1. The second-order valence-corrected chi connectivity index (χ2v) is 13.1. The zero-order valence-corrected chi connectivity index (χ0v) is 26.7. The van der Waals surface area contributed by atoms with Crippen LogP contribution in [-0.2, 0) is 33.7 Å². The van der Waals surface area contributed by atoms with Crippen molar-refractivity contribution < 1.29 is 31.4 Å². The molecule has 0 spiro atoms. The summed E-state index contributed by atoms with van der Waals surface area (Å²) in [6.45, 7) is 10.5. The Labute approximate surface area is 258 Å². The van der Waals surface area contributed by atoms with E-state index in [1.807, 2.05) is 57.2 Å². The quantitative estimate of drug-likeness (QED) is 0.282. The smallest absolute Gasteiger partial charge is 0.307 e. The normalized spacial score (nSPS) is 15.8. The third-order valence-corrected chi connectivity index (χ3v) is 8.40. The van der Waals surface area contributed by atoms with Crippen molar-refractivity contribution in [3.63, 3.8) is 0 Å². The van der Waals surface area contributed by atoms with Crippen molar-refractivity contribution in [1.82, 2.24) is 20.5 Å². The van der Waals surface area contributed by atoms with Crippen LogP contribution in [0.3, 0.4) is 0 Å². The first-order valence-corrected chi connectivity index (χ1v) is 14.9. The number of likely N-dealkylation sites (N-methyl/N-ethyl adjacent to an activating group) is 1. The molecule has 3 aromatic rings. The van der Waals surface area contributed by atoms with E-state index in [9.17, 15) is 9.59 Å². The Balaban J connectivity index is 0.000000816. The number of fused-ring (bicyclic) bond motifs is 2. The second-order valence-electron chi connectivity index (χ2n) is 11.5. The largest absolute Gasteiger partial charge is 0.496 e. The van der Waals surface area contributed by atoms with E-state index in [2.05, 4.69) is 40.2 Å². The highest BCUT2D eigenvalue weighted by Gasteiger charge is 2.46. The predicted octanol–water partition coefficient (Wildman–Crippen LogP) is 2.84. The van der Waals surface area contributed by atoms with Gasteiger partial charge in [-0.15, -0.1) is 24.0 Å². The number of esters is 1. The molecule has 0 bridgehead atoms. The van der Waals surface area contributed by atoms with Gasteiger partial charge in [-0.3, -0.25) is 9.59 Å². The molecule has 12 heteroatoms. The van der Waals surface area contributed by atoms with E-state index in [0.717, 1.165) is 39.4 Å². The summed E-state index contributed by atoms with van der Waals surface area (Å²) in [6.07, 6.45) is 1.05. The van der Waals surface area contributed by atoms with Gasteiger partial charge in [0.25, 0.3) is 0 Å². The van der Waals surface area contributed by atoms with Gasteiger partial charge in [-0.05, 0) is 57.9 Å². The highest BCUT2D eigenvalue weighted by atomic mass is 32.1. The lowest BCUT2D eigenvalue weighted by Gasteiger charge is -2.28. The number of amides is 1. The standard InChI is InChI=1S/C25H28N2O4S2.C5H12N2.2H2O.H2/c1-24(2,3)31-22(28)13-25(11-15-7-5-6-8-16(15)12-25)23(29)26-14-21-27-17-9-19(32)18(30-4)10-20(17)33-21;1-7-4-2-6-3-5-7;;;/h5-10,32H,11-14H2,1-4H3,(H,26,29);6H,2-5H2,1H3;2*1H2;1H. The Bertz CT molecular complexity index is 1330. The number of ether oxygens (including phenoxy) is 2. The summed E-state index contributed by atoms with van der Waals surface area (Å²) < 4.78 is 11.9. The van der Waals surface area contributed by atoms with Crippen LogP contribution in [0.1, 0.15) is 44.8 Å². The summed E-state index contributed by atoms with van der Waals surface area (Å²) in [5.41, 5.74) is 1.54. The van der Waals surface area contributed by atoms with E-state index in [1.165, 1.54) is 24.4 Å². The molecule has 0 atom stereocenters. The van der Waals surface area contributed by atoms with Gasteiger partial charge < -0.3 is 36.0 Å². The molecule has 42 heavy (non-hydrogen) atoms. The van der Waals surface area contributed by atoms with Gasteiger partial charge in [0.15, 0.2) is 0 Å². The molecule has 1 fully saturated rings. The van der Waals surface area contributed by atoms with Crippen LogP contribution in [0.15, 0.2) is 41.3 Å². The number of methoxy groups -OCH3 is 1. The van der Waals surface area contributed by atoms with Crippen molar-refractivity contribution >= 4 is 46.1 Å². The number of hydrogen-bond donors (Lipinski definition) is 3. The van der Waals surface area contributed by atoms with Crippen LogP contribution in [0.5, 0.6) is 5.75 Å². The monoisotopic (exact) mass is 622 g/mol. The molecule has 0 saturated carbocycles. The lowest BCUT2D eigenvalue weighted by atomic mass is 9.80. The van der Waals surface area contributed by atoms with E-state index in [-0.39, 0.29) is 37.2 Å². The topological polar surface area (TPSA) is 156 Å². The van der Waals surface area contributed by atoms with Gasteiger partial charge in [0.1, 0.15) is 16.4 Å². The second kappa shape index (κ2) is 15.1. The molecule has 5 rings (SSSR count). The van der Waals surface area contributed by atoms with Gasteiger partial charge in [-0.2, -0.15) is 0 Å². The molecule has 1 saturated heterocycles. The number of piperazine rings is 1. The molecule has 6 N–H and O–H groups in total. The number of carbonyl (C=O) groups excluding carboxylic acids is 2. The molecule has 2 heterocycles. The molecule has 1 aromatic heterocycles. The SMILES string of the molecule is CN1CCNCC1.COc1cc2sc(CNC(=O)C3(CC(=O)OC(C)(C)C)Cc4ccccc4C3)nc2cc1S.O.O.[HH]. The number of thiazole rings is 1. The van der Waals surface area contributed by atoms with Crippen LogP contribution < -0.4 is 15.4 Å². The fraction of sp³-hybridized carbons (Fsp3) is 0.500. The molecule has 234 valence electrons. The fourth-order valence-corrected chi connectivity index (χ4v) is 6.26. The lowest BCUT2D eigenvalue weighted by molar-refractivity contribution is -0.160. The average molecular weight is 623 g/mol. The molecular weight excluding hydrogens is 576 g/mol. The summed E-state index contributed by atoms with van der Waals surface area (Å²) in [4.78, 5) is 33.9. The lowest BCUT2D eigenvalue weighted by Crippen LogP contribution is -2.44. The number of nitrogens with one attached hydrogen (secondary N) is 2. The van der Waals surface area contributed by atoms with Gasteiger partial charge in [0.05, 0.1) is 35.7 Å². The van der Waals surface area contributed by atoms with Crippen molar-refractivity contribution in [2.45, 2.75) is 57.1 Å². The summed E-state index contributed by atoms with van der Waals surface area (Å²) >= 11 is 5.93. The van der Waals surface area contributed by atoms with Crippen molar-refractivity contribution in [2.75, 3.05) is 40.3 Å². The highest BCUT2D eigenvalue weighted by Crippen LogP contribution is 2.41. The Hall–Kier alpha value is -2.74. The first-order chi connectivity index (χ1) is 19.0. The van der Waals surface area contributed by atoms with Crippen LogP contribution in [0.4, 0.5) is 0 Å². The van der Waals surface area contributed by atoms with Gasteiger partial charge in [0.2, 0.25) is 5.91 Å². The molecule has 1 amide bonds. The van der Waals surface area contributed by atoms with Gasteiger partial charge in [0, 0.05) is 38.6 Å². The summed E-state index contributed by atoms with van der Waals surface area (Å²) in [5.74, 6) is 0.167. The van der Waals surface area contributed by atoms with Crippen molar-refractivity contribution in [3.05, 3.63) is 52.5 Å². The minimum Gasteiger partial charge on any atom is -0.496 e. The van der Waals surface area contributed by atoms with Crippen LogP contribution in [0.25, 0.3) is 10.2 Å². The minimum atomic E-state index is -0.871. The number of thiol groups is 1. The van der Waals surface area contributed by atoms with E-state index < -0.39 is 11.0 Å². The first kappa shape index (κ1) is 35.5.